The van der Waals surface area contributed by atoms with Crippen LogP contribution in [0, 0.1) is 0 Å². The van der Waals surface area contributed by atoms with E-state index in [9.17, 15) is 4.79 Å². The van der Waals surface area contributed by atoms with Crippen LogP contribution in [-0.2, 0) is 0 Å². The number of hydrogen-bond donors (Lipinski definition) is 2. The molecule has 0 aliphatic carbocycles. The first-order chi connectivity index (χ1) is 11.2. The predicted octanol–water partition coefficient (Wildman–Crippen LogP) is 1.65. The van der Waals surface area contributed by atoms with E-state index in [4.69, 9.17) is 9.47 Å². The van der Waals surface area contributed by atoms with E-state index in [0.29, 0.717) is 36.1 Å². The number of aromatic amines is 1. The minimum absolute atomic E-state index is 0.265. The van der Waals surface area contributed by atoms with Crippen LogP contribution in [0.1, 0.15) is 36.1 Å². The maximum absolute atomic E-state index is 12.3. The van der Waals surface area contributed by atoms with Crippen molar-refractivity contribution in [2.24, 2.45) is 0 Å². The average Bonchev–Trinajstić information content (AvgIpc) is 3.08. The lowest BCUT2D eigenvalue weighted by Crippen LogP contribution is -2.27. The highest BCUT2D eigenvalue weighted by Gasteiger charge is 2.16. The molecule has 0 aliphatic rings. The number of ether oxygens (including phenoxy) is 2. The standard InChI is InChI=1S/C15H19N5O3/c1-4-8-23-12-7-6-11(9-13(12)22-5-2)15(21)16-10(3)14-17-19-20-18-14/h4,6-7,9-10H,1,5,8H2,2-3H3,(H,16,21)(H,17,18,19,20). The Hall–Kier alpha value is -2.90. The number of tetrazole rings is 1. The molecular formula is C15H19N5O3. The van der Waals surface area contributed by atoms with E-state index < -0.39 is 0 Å². The van der Waals surface area contributed by atoms with Crippen molar-refractivity contribution in [1.29, 1.82) is 0 Å². The van der Waals surface area contributed by atoms with Crippen LogP contribution in [0.25, 0.3) is 0 Å². The van der Waals surface area contributed by atoms with Crippen LogP contribution in [0.15, 0.2) is 30.9 Å². The van der Waals surface area contributed by atoms with Gasteiger partial charge in [-0.25, -0.2) is 0 Å². The molecule has 0 radical (unpaired) electrons. The number of amides is 1. The number of nitrogens with one attached hydrogen (secondary N) is 2. The Morgan fingerprint density at radius 3 is 2.91 bits per heavy atom. The van der Waals surface area contributed by atoms with Gasteiger partial charge in [0.15, 0.2) is 17.3 Å². The summed E-state index contributed by atoms with van der Waals surface area (Å²) in [6.07, 6.45) is 1.64. The fourth-order valence-electron chi connectivity index (χ4n) is 1.88. The molecule has 1 heterocycles. The molecule has 1 atom stereocenters. The molecule has 0 spiro atoms. The lowest BCUT2D eigenvalue weighted by molar-refractivity contribution is 0.0937. The summed E-state index contributed by atoms with van der Waals surface area (Å²) >= 11 is 0. The second kappa shape index (κ2) is 7.92. The predicted molar refractivity (Wildman–Crippen MR) is 83.4 cm³/mol. The maximum Gasteiger partial charge on any atom is 0.252 e. The molecule has 122 valence electrons. The highest BCUT2D eigenvalue weighted by atomic mass is 16.5. The van der Waals surface area contributed by atoms with Crippen molar-refractivity contribution in [3.05, 3.63) is 42.2 Å². The molecule has 0 saturated heterocycles. The van der Waals surface area contributed by atoms with Crippen molar-refractivity contribution in [3.8, 4) is 11.5 Å². The van der Waals surface area contributed by atoms with Crippen molar-refractivity contribution in [3.63, 3.8) is 0 Å². The number of carbonyl (C=O) groups excluding carboxylic acids is 1. The second-order valence-corrected chi connectivity index (χ2v) is 4.66. The number of hydrogen-bond acceptors (Lipinski definition) is 6. The molecule has 0 bridgehead atoms. The SMILES string of the molecule is C=CCOc1ccc(C(=O)NC(C)c2nn[nH]n2)cc1OCC. The molecule has 1 amide bonds. The Bertz CT molecular complexity index is 657. The zero-order chi connectivity index (χ0) is 16.7. The largest absolute Gasteiger partial charge is 0.490 e. The van der Waals surface area contributed by atoms with E-state index >= 15 is 0 Å². The summed E-state index contributed by atoms with van der Waals surface area (Å²) in [6, 6.07) is 4.63. The van der Waals surface area contributed by atoms with Crippen LogP contribution < -0.4 is 14.8 Å². The van der Waals surface area contributed by atoms with Gasteiger partial charge < -0.3 is 14.8 Å². The normalized spacial score (nSPS) is 11.6. The second-order valence-electron chi connectivity index (χ2n) is 4.66. The summed E-state index contributed by atoms with van der Waals surface area (Å²) in [4.78, 5) is 12.3. The number of H-pyrrole nitrogens is 1. The monoisotopic (exact) mass is 317 g/mol. The van der Waals surface area contributed by atoms with E-state index in [-0.39, 0.29) is 11.9 Å². The topological polar surface area (TPSA) is 102 Å². The Kier molecular flexibility index (Phi) is 5.67. The smallest absolute Gasteiger partial charge is 0.252 e. The summed E-state index contributed by atoms with van der Waals surface area (Å²) in [7, 11) is 0. The molecule has 0 fully saturated rings. The molecule has 1 unspecified atom stereocenters. The Morgan fingerprint density at radius 1 is 1.43 bits per heavy atom. The minimum Gasteiger partial charge on any atom is -0.490 e. The summed E-state index contributed by atoms with van der Waals surface area (Å²) in [5, 5.41) is 16.3. The lowest BCUT2D eigenvalue weighted by atomic mass is 10.1. The first-order valence-electron chi connectivity index (χ1n) is 7.20. The molecular weight excluding hydrogens is 298 g/mol. The van der Waals surface area contributed by atoms with Crippen LogP contribution in [0.2, 0.25) is 0 Å². The fourth-order valence-corrected chi connectivity index (χ4v) is 1.88. The van der Waals surface area contributed by atoms with Gasteiger partial charge in [-0.05, 0) is 32.0 Å². The zero-order valence-corrected chi connectivity index (χ0v) is 13.1. The van der Waals surface area contributed by atoms with Gasteiger partial charge in [-0.2, -0.15) is 5.21 Å². The van der Waals surface area contributed by atoms with E-state index in [0.717, 1.165) is 0 Å². The van der Waals surface area contributed by atoms with Crippen LogP contribution in [0.5, 0.6) is 11.5 Å². The van der Waals surface area contributed by atoms with Crippen molar-refractivity contribution < 1.29 is 14.3 Å². The Labute approximate surface area is 133 Å². The van der Waals surface area contributed by atoms with Gasteiger partial charge in [0.2, 0.25) is 0 Å². The van der Waals surface area contributed by atoms with Crippen molar-refractivity contribution in [2.45, 2.75) is 19.9 Å². The first-order valence-corrected chi connectivity index (χ1v) is 7.20. The van der Waals surface area contributed by atoms with Crippen LogP contribution in [-0.4, -0.2) is 39.7 Å². The third-order valence-electron chi connectivity index (χ3n) is 2.96. The highest BCUT2D eigenvalue weighted by molar-refractivity contribution is 5.95. The summed E-state index contributed by atoms with van der Waals surface area (Å²) < 4.78 is 11.0. The highest BCUT2D eigenvalue weighted by Crippen LogP contribution is 2.28. The van der Waals surface area contributed by atoms with Gasteiger partial charge in [0.05, 0.1) is 12.6 Å². The number of benzene rings is 1. The van der Waals surface area contributed by atoms with Crippen molar-refractivity contribution >= 4 is 5.91 Å². The summed E-state index contributed by atoms with van der Waals surface area (Å²) in [5.74, 6) is 1.22. The van der Waals surface area contributed by atoms with Gasteiger partial charge in [0, 0.05) is 5.56 Å². The molecule has 8 nitrogen and oxygen atoms in total. The van der Waals surface area contributed by atoms with E-state index in [1.807, 2.05) is 6.92 Å². The van der Waals surface area contributed by atoms with E-state index in [2.05, 4.69) is 32.5 Å². The lowest BCUT2D eigenvalue weighted by Gasteiger charge is -2.14. The number of aromatic nitrogens is 4. The van der Waals surface area contributed by atoms with E-state index in [1.54, 1.807) is 31.2 Å². The molecule has 0 aliphatic heterocycles. The molecule has 1 aromatic carbocycles. The van der Waals surface area contributed by atoms with Gasteiger partial charge in [-0.1, -0.05) is 17.9 Å². The first kappa shape index (κ1) is 16.5. The number of nitrogens with zero attached hydrogens (tertiary/aromatic N) is 3. The molecule has 1 aromatic heterocycles. The minimum atomic E-state index is -0.367. The maximum atomic E-state index is 12.3. The molecule has 23 heavy (non-hydrogen) atoms. The number of carbonyl (C=O) groups is 1. The molecule has 2 N–H and O–H groups in total. The van der Waals surface area contributed by atoms with Crippen LogP contribution in [0.3, 0.4) is 0 Å². The Balaban J connectivity index is 2.13. The Morgan fingerprint density at radius 2 is 2.26 bits per heavy atom. The third-order valence-corrected chi connectivity index (χ3v) is 2.96. The fraction of sp³-hybridized carbons (Fsp3) is 0.333. The summed E-state index contributed by atoms with van der Waals surface area (Å²) in [6.45, 7) is 8.07. The van der Waals surface area contributed by atoms with Gasteiger partial charge in [-0.15, -0.1) is 10.2 Å². The van der Waals surface area contributed by atoms with Crippen molar-refractivity contribution in [2.75, 3.05) is 13.2 Å². The van der Waals surface area contributed by atoms with Gasteiger partial charge >= 0.3 is 0 Å². The van der Waals surface area contributed by atoms with Gasteiger partial charge in [0.1, 0.15) is 6.61 Å². The quantitative estimate of drug-likeness (QED) is 0.718. The average molecular weight is 317 g/mol. The molecule has 0 saturated carbocycles. The zero-order valence-electron chi connectivity index (χ0n) is 13.1. The van der Waals surface area contributed by atoms with E-state index in [1.165, 1.54) is 0 Å². The van der Waals surface area contributed by atoms with Crippen LogP contribution in [0.4, 0.5) is 0 Å². The van der Waals surface area contributed by atoms with Crippen molar-refractivity contribution in [1.82, 2.24) is 25.9 Å². The molecule has 2 aromatic rings. The molecule has 8 heteroatoms. The number of rotatable bonds is 8. The molecule has 2 rings (SSSR count). The van der Waals surface area contributed by atoms with Crippen LogP contribution >= 0.6 is 0 Å². The summed E-state index contributed by atoms with van der Waals surface area (Å²) in [5.41, 5.74) is 0.453. The van der Waals surface area contributed by atoms with Gasteiger partial charge in [-0.3, -0.25) is 4.79 Å². The van der Waals surface area contributed by atoms with Gasteiger partial charge in [0.25, 0.3) is 5.91 Å². The third kappa shape index (κ3) is 4.29.